The number of nitrogens with one attached hydrogen (secondary N) is 1. The smallest absolute Gasteiger partial charge is 0.460 e. The molecule has 1 amide bonds. The summed E-state index contributed by atoms with van der Waals surface area (Å²) in [5.74, 6) is -59.8. The number of anilines is 1. The van der Waals surface area contributed by atoms with Crippen LogP contribution in [0.2, 0.25) is 17.1 Å². The van der Waals surface area contributed by atoms with E-state index in [1.165, 1.54) is 78.1 Å². The Balaban J connectivity index is 2.37. The molecule has 2 atom stereocenters. The number of allylic oxidation sites excluding steroid dienone is 2. The zero-order valence-electron chi connectivity index (χ0n) is 37.7. The molecule has 0 unspecified atom stereocenters. The topological polar surface area (TPSA) is 92.3 Å². The molecule has 0 fully saturated rings. The summed E-state index contributed by atoms with van der Waals surface area (Å²) in [5.41, 5.74) is -1.81. The highest BCUT2D eigenvalue weighted by Gasteiger charge is 2.95. The van der Waals surface area contributed by atoms with Crippen molar-refractivity contribution in [2.24, 2.45) is 0 Å². The van der Waals surface area contributed by atoms with Gasteiger partial charge in [-0.1, -0.05) is 52.0 Å². The number of carbonyl (C=O) groups excluding carboxylic acids is 2. The van der Waals surface area contributed by atoms with E-state index in [1.807, 2.05) is 0 Å². The standard InChI is InChI=1S/C42H46F19NO7Si/c1-8-66-32(63)21-25(6)9-16-31(65-7)33(69-34(64)62-30-15-12-27(43)22-29(30)44)26-10-13-28(14-11-26)67-18-19-68-70(23(2)3,24(4)5)20-17-35(45,46)36(47,48)37(49,50)38(51,52)39(53,54)40(55,56)41(57,58)42(59,60)61/h9-16,21-24,31,33H,8,17-20H2,1-7H3,(H,62,64)/b16-9+,25-21+/t31-,33-/m1/s1. The molecule has 398 valence electrons. The minimum Gasteiger partial charge on any atom is -0.491 e. The van der Waals surface area contributed by atoms with Crippen LogP contribution in [0.15, 0.2) is 66.3 Å². The van der Waals surface area contributed by atoms with Crippen LogP contribution in [-0.2, 0) is 23.4 Å². The van der Waals surface area contributed by atoms with Crippen molar-refractivity contribution in [3.05, 3.63) is 83.5 Å². The Morgan fingerprint density at radius 2 is 1.23 bits per heavy atom. The maximum Gasteiger partial charge on any atom is 0.460 e. The maximum absolute atomic E-state index is 15.0. The van der Waals surface area contributed by atoms with Crippen LogP contribution in [0.4, 0.5) is 93.9 Å². The number of rotatable bonds is 25. The highest BCUT2D eigenvalue weighted by Crippen LogP contribution is 2.64. The molecule has 0 spiro atoms. The van der Waals surface area contributed by atoms with Crippen LogP contribution in [0.3, 0.4) is 0 Å². The van der Waals surface area contributed by atoms with Crippen LogP contribution < -0.4 is 10.1 Å². The Kier molecular flexibility index (Phi) is 20.0. The van der Waals surface area contributed by atoms with Crippen LogP contribution in [0.5, 0.6) is 5.75 Å². The van der Waals surface area contributed by atoms with E-state index in [1.54, 1.807) is 6.92 Å². The molecule has 28 heteroatoms. The van der Waals surface area contributed by atoms with Crippen molar-refractivity contribution < 1.29 is 116 Å². The first kappa shape index (κ1) is 61.4. The number of carbonyl (C=O) groups is 2. The third-order valence-electron chi connectivity index (χ3n) is 10.7. The van der Waals surface area contributed by atoms with Gasteiger partial charge in [0.05, 0.1) is 18.9 Å². The van der Waals surface area contributed by atoms with Crippen LogP contribution >= 0.6 is 0 Å². The van der Waals surface area contributed by atoms with Gasteiger partial charge in [-0.25, -0.2) is 18.4 Å². The van der Waals surface area contributed by atoms with Gasteiger partial charge in [0.25, 0.3) is 0 Å². The number of hydrogen-bond donors (Lipinski definition) is 1. The van der Waals surface area contributed by atoms with Crippen molar-refractivity contribution in [2.45, 2.75) is 125 Å². The Morgan fingerprint density at radius 1 is 0.714 bits per heavy atom. The lowest BCUT2D eigenvalue weighted by Crippen LogP contribution is -2.74. The summed E-state index contributed by atoms with van der Waals surface area (Å²) in [6, 6.07) is 6.09. The number of benzene rings is 2. The van der Waals surface area contributed by atoms with Crippen LogP contribution in [0, 0.1) is 11.6 Å². The molecule has 0 aromatic heterocycles. The Labute approximate surface area is 388 Å². The van der Waals surface area contributed by atoms with Crippen LogP contribution in [0.1, 0.15) is 59.6 Å². The second kappa shape index (κ2) is 22.8. The van der Waals surface area contributed by atoms with Gasteiger partial charge >= 0.3 is 59.7 Å². The number of ether oxygens (including phenoxy) is 4. The molecule has 0 bridgehead atoms. The summed E-state index contributed by atoms with van der Waals surface area (Å²) in [4.78, 5) is 24.8. The predicted octanol–water partition coefficient (Wildman–Crippen LogP) is 13.9. The van der Waals surface area contributed by atoms with E-state index in [9.17, 15) is 84.2 Å². The molecule has 0 aliphatic heterocycles. The molecule has 2 aromatic rings. The number of halogens is 19. The molecular weight excluding hydrogens is 1020 g/mol. The zero-order valence-corrected chi connectivity index (χ0v) is 38.7. The van der Waals surface area contributed by atoms with Crippen molar-refractivity contribution >= 4 is 26.1 Å². The van der Waals surface area contributed by atoms with Crippen molar-refractivity contribution in [1.82, 2.24) is 0 Å². The Morgan fingerprint density at radius 3 is 1.70 bits per heavy atom. The van der Waals surface area contributed by atoms with Gasteiger partial charge in [0.2, 0.25) is 0 Å². The van der Waals surface area contributed by atoms with Gasteiger partial charge in [-0.05, 0) is 66.4 Å². The van der Waals surface area contributed by atoms with Crippen LogP contribution in [0.25, 0.3) is 0 Å². The molecule has 0 saturated heterocycles. The Hall–Kier alpha value is -4.73. The molecule has 0 radical (unpaired) electrons. The van der Waals surface area contributed by atoms with E-state index < -0.39 is 134 Å². The molecule has 0 heterocycles. The lowest BCUT2D eigenvalue weighted by Gasteiger charge is -2.44. The largest absolute Gasteiger partial charge is 0.491 e. The molecule has 1 N–H and O–H groups in total. The maximum atomic E-state index is 15.0. The summed E-state index contributed by atoms with van der Waals surface area (Å²) < 4.78 is 291. The first-order valence-corrected chi connectivity index (χ1v) is 22.6. The molecule has 0 aliphatic carbocycles. The van der Waals surface area contributed by atoms with Gasteiger partial charge in [0.15, 0.2) is 14.4 Å². The number of hydrogen-bond acceptors (Lipinski definition) is 7. The average molecular weight is 1070 g/mol. The summed E-state index contributed by atoms with van der Waals surface area (Å²) in [6.07, 6.45) is -10.3. The predicted molar refractivity (Wildman–Crippen MR) is 213 cm³/mol. The van der Waals surface area contributed by atoms with Crippen molar-refractivity contribution in [2.75, 3.05) is 32.2 Å². The monoisotopic (exact) mass is 1070 g/mol. The van der Waals surface area contributed by atoms with E-state index in [2.05, 4.69) is 5.32 Å². The fourth-order valence-electron chi connectivity index (χ4n) is 6.64. The normalized spacial score (nSPS) is 15.1. The molecular formula is C42H46F19NO7Si. The summed E-state index contributed by atoms with van der Waals surface area (Å²) >= 11 is 0. The van der Waals surface area contributed by atoms with E-state index in [4.69, 9.17) is 23.4 Å². The lowest BCUT2D eigenvalue weighted by molar-refractivity contribution is -0.461. The molecule has 2 rings (SSSR count). The summed E-state index contributed by atoms with van der Waals surface area (Å²) in [6.45, 7) is 7.20. The Bertz CT molecular complexity index is 2120. The van der Waals surface area contributed by atoms with Crippen molar-refractivity contribution in [1.29, 1.82) is 0 Å². The van der Waals surface area contributed by atoms with Crippen LogP contribution in [-0.4, -0.2) is 101 Å². The molecule has 8 nitrogen and oxygen atoms in total. The lowest BCUT2D eigenvalue weighted by atomic mass is 9.88. The molecule has 0 aliphatic rings. The number of amides is 1. The SMILES string of the molecule is CCOC(=O)/C=C(C)/C=C/[C@@H](OC)[C@H](OC(=O)Nc1ccc(F)cc1F)c1ccc(OCCO[Si](CCC(F)(F)C(F)(F)C(F)(F)C(F)(F)C(F)(F)C(F)(F)C(F)(F)C(F)(F)F)(C(C)C)C(C)C)cc1. The average Bonchev–Trinajstić information content (AvgIpc) is 3.23. The zero-order chi connectivity index (χ0) is 54.3. The number of methoxy groups -OCH3 is 1. The van der Waals surface area contributed by atoms with E-state index in [0.29, 0.717) is 11.6 Å². The van der Waals surface area contributed by atoms with Gasteiger partial charge in [-0.3, -0.25) is 5.32 Å². The van der Waals surface area contributed by atoms with Crippen molar-refractivity contribution in [3.8, 4) is 5.75 Å². The quantitative estimate of drug-likeness (QED) is 0.0264. The second-order valence-corrected chi connectivity index (χ2v) is 21.0. The van der Waals surface area contributed by atoms with Gasteiger partial charge in [-0.2, -0.15) is 74.6 Å². The highest BCUT2D eigenvalue weighted by molar-refractivity contribution is 6.76. The minimum atomic E-state index is -8.73. The van der Waals surface area contributed by atoms with E-state index in [0.717, 1.165) is 18.2 Å². The first-order chi connectivity index (χ1) is 31.8. The van der Waals surface area contributed by atoms with Gasteiger partial charge in [0, 0.05) is 25.7 Å². The second-order valence-electron chi connectivity index (χ2n) is 16.0. The number of esters is 1. The van der Waals surface area contributed by atoms with Crippen molar-refractivity contribution in [3.63, 3.8) is 0 Å². The third kappa shape index (κ3) is 12.8. The van der Waals surface area contributed by atoms with E-state index >= 15 is 8.78 Å². The fourth-order valence-corrected chi connectivity index (χ4v) is 11.1. The molecule has 2 aromatic carbocycles. The van der Waals surface area contributed by atoms with E-state index in [-0.39, 0.29) is 17.9 Å². The first-order valence-electron chi connectivity index (χ1n) is 20.3. The fraction of sp³-hybridized carbons (Fsp3) is 0.571. The minimum absolute atomic E-state index is 0.00716. The highest BCUT2D eigenvalue weighted by atomic mass is 28.4. The van der Waals surface area contributed by atoms with Gasteiger partial charge in [-0.15, -0.1) is 0 Å². The molecule has 70 heavy (non-hydrogen) atoms. The third-order valence-corrected chi connectivity index (χ3v) is 16.3. The molecule has 0 saturated carbocycles. The van der Waals surface area contributed by atoms with Gasteiger partial charge < -0.3 is 23.4 Å². The van der Waals surface area contributed by atoms with Gasteiger partial charge in [0.1, 0.15) is 30.1 Å². The summed E-state index contributed by atoms with van der Waals surface area (Å²) in [7, 11) is -2.87. The summed E-state index contributed by atoms with van der Waals surface area (Å²) in [5, 5.41) is 2.11. The number of alkyl halides is 17.